The minimum atomic E-state index is -0.0242. The molecule has 0 bridgehead atoms. The summed E-state index contributed by atoms with van der Waals surface area (Å²) in [6, 6.07) is 9.36. The van der Waals surface area contributed by atoms with E-state index in [1.54, 1.807) is 30.2 Å². The van der Waals surface area contributed by atoms with Crippen LogP contribution in [-0.2, 0) is 16.1 Å². The van der Waals surface area contributed by atoms with E-state index < -0.39 is 0 Å². The van der Waals surface area contributed by atoms with Gasteiger partial charge in [0.05, 0.1) is 24.8 Å². The van der Waals surface area contributed by atoms with Crippen molar-refractivity contribution in [1.29, 1.82) is 5.26 Å². The first kappa shape index (κ1) is 17.9. The van der Waals surface area contributed by atoms with E-state index in [1.165, 1.54) is 0 Å². The Kier molecular flexibility index (Phi) is 7.90. The van der Waals surface area contributed by atoms with E-state index in [1.807, 2.05) is 37.2 Å². The SMILES string of the molecule is CN(C)C/C=C/C(=O)N(C)CCOCc1ccc(C#N)cc1. The first-order valence-electron chi connectivity index (χ1n) is 7.16. The summed E-state index contributed by atoms with van der Waals surface area (Å²) in [6.45, 7) is 2.24. The molecule has 0 aliphatic carbocycles. The number of ether oxygens (including phenoxy) is 1. The average Bonchev–Trinajstić information content (AvgIpc) is 2.51. The predicted molar refractivity (Wildman–Crippen MR) is 86.1 cm³/mol. The highest BCUT2D eigenvalue weighted by Gasteiger charge is 2.04. The molecule has 0 fully saturated rings. The van der Waals surface area contributed by atoms with E-state index >= 15 is 0 Å². The molecule has 5 nitrogen and oxygen atoms in total. The lowest BCUT2D eigenvalue weighted by molar-refractivity contribution is -0.125. The maximum atomic E-state index is 11.8. The highest BCUT2D eigenvalue weighted by atomic mass is 16.5. The molecule has 0 atom stereocenters. The van der Waals surface area contributed by atoms with E-state index in [0.717, 1.165) is 12.1 Å². The molecule has 118 valence electrons. The quantitative estimate of drug-likeness (QED) is 0.541. The van der Waals surface area contributed by atoms with Gasteiger partial charge in [0.2, 0.25) is 5.91 Å². The number of hydrogen-bond donors (Lipinski definition) is 0. The second kappa shape index (κ2) is 9.72. The van der Waals surface area contributed by atoms with E-state index in [-0.39, 0.29) is 5.91 Å². The Hall–Kier alpha value is -2.16. The molecule has 0 radical (unpaired) electrons. The van der Waals surface area contributed by atoms with Crippen molar-refractivity contribution >= 4 is 5.91 Å². The van der Waals surface area contributed by atoms with Gasteiger partial charge in [-0.3, -0.25) is 4.79 Å². The monoisotopic (exact) mass is 301 g/mol. The molecule has 0 spiro atoms. The van der Waals surface area contributed by atoms with Gasteiger partial charge in [-0.05, 0) is 31.8 Å². The van der Waals surface area contributed by atoms with Crippen molar-refractivity contribution in [2.24, 2.45) is 0 Å². The van der Waals surface area contributed by atoms with Crippen LogP contribution >= 0.6 is 0 Å². The van der Waals surface area contributed by atoms with E-state index in [9.17, 15) is 4.79 Å². The van der Waals surface area contributed by atoms with Crippen molar-refractivity contribution < 1.29 is 9.53 Å². The third kappa shape index (κ3) is 7.02. The van der Waals surface area contributed by atoms with Gasteiger partial charge < -0.3 is 14.5 Å². The Morgan fingerprint density at radius 3 is 2.55 bits per heavy atom. The number of carbonyl (C=O) groups excluding carboxylic acids is 1. The van der Waals surface area contributed by atoms with Crippen LogP contribution < -0.4 is 0 Å². The molecule has 0 saturated carbocycles. The van der Waals surface area contributed by atoms with Crippen LogP contribution in [0.1, 0.15) is 11.1 Å². The number of nitrogens with zero attached hydrogens (tertiary/aromatic N) is 3. The Balaban J connectivity index is 2.24. The smallest absolute Gasteiger partial charge is 0.246 e. The van der Waals surface area contributed by atoms with Crippen molar-refractivity contribution in [3.05, 3.63) is 47.5 Å². The van der Waals surface area contributed by atoms with Crippen LogP contribution in [0, 0.1) is 11.3 Å². The molecule has 5 heteroatoms. The normalized spacial score (nSPS) is 10.9. The molecule has 1 aromatic carbocycles. The fourth-order valence-corrected chi connectivity index (χ4v) is 1.67. The highest BCUT2D eigenvalue weighted by molar-refractivity contribution is 5.87. The molecule has 0 aromatic heterocycles. The number of benzene rings is 1. The lowest BCUT2D eigenvalue weighted by Crippen LogP contribution is -2.28. The van der Waals surface area contributed by atoms with E-state index in [2.05, 4.69) is 6.07 Å². The largest absolute Gasteiger partial charge is 0.375 e. The number of carbonyl (C=O) groups is 1. The zero-order chi connectivity index (χ0) is 16.4. The van der Waals surface area contributed by atoms with Gasteiger partial charge in [0.25, 0.3) is 0 Å². The lowest BCUT2D eigenvalue weighted by Gasteiger charge is -2.15. The Morgan fingerprint density at radius 2 is 1.95 bits per heavy atom. The summed E-state index contributed by atoms with van der Waals surface area (Å²) < 4.78 is 5.55. The number of nitriles is 1. The van der Waals surface area contributed by atoms with E-state index in [4.69, 9.17) is 10.00 Å². The first-order valence-corrected chi connectivity index (χ1v) is 7.16. The van der Waals surface area contributed by atoms with Crippen LogP contribution in [0.4, 0.5) is 0 Å². The molecule has 0 N–H and O–H groups in total. The summed E-state index contributed by atoms with van der Waals surface area (Å²) in [5, 5.41) is 8.72. The van der Waals surface area contributed by atoms with Gasteiger partial charge in [0.1, 0.15) is 0 Å². The van der Waals surface area contributed by atoms with Gasteiger partial charge in [-0.25, -0.2) is 0 Å². The predicted octanol–water partition coefficient (Wildman–Crippen LogP) is 1.65. The number of rotatable bonds is 8. The fourth-order valence-electron chi connectivity index (χ4n) is 1.67. The Bertz CT molecular complexity index is 530. The number of hydrogen-bond acceptors (Lipinski definition) is 4. The van der Waals surface area contributed by atoms with Crippen molar-refractivity contribution in [1.82, 2.24) is 9.80 Å². The Morgan fingerprint density at radius 1 is 1.27 bits per heavy atom. The zero-order valence-electron chi connectivity index (χ0n) is 13.5. The van der Waals surface area contributed by atoms with Gasteiger partial charge in [-0.2, -0.15) is 5.26 Å². The van der Waals surface area contributed by atoms with Crippen LogP contribution in [0.2, 0.25) is 0 Å². The van der Waals surface area contributed by atoms with E-state index in [0.29, 0.717) is 25.3 Å². The molecule has 1 amide bonds. The van der Waals surface area contributed by atoms with Crippen LogP contribution in [-0.4, -0.2) is 56.5 Å². The molecule has 0 saturated heterocycles. The summed E-state index contributed by atoms with van der Waals surface area (Å²) in [7, 11) is 5.67. The molecular formula is C17H23N3O2. The number of amides is 1. The summed E-state index contributed by atoms with van der Waals surface area (Å²) in [6.07, 6.45) is 3.43. The van der Waals surface area contributed by atoms with Crippen molar-refractivity contribution in [2.45, 2.75) is 6.61 Å². The average molecular weight is 301 g/mol. The van der Waals surface area contributed by atoms with Crippen LogP contribution in [0.25, 0.3) is 0 Å². The minimum Gasteiger partial charge on any atom is -0.375 e. The van der Waals surface area contributed by atoms with Gasteiger partial charge in [-0.15, -0.1) is 0 Å². The van der Waals surface area contributed by atoms with Crippen molar-refractivity contribution in [3.63, 3.8) is 0 Å². The maximum Gasteiger partial charge on any atom is 0.246 e. The van der Waals surface area contributed by atoms with Gasteiger partial charge in [0, 0.05) is 26.2 Å². The molecule has 1 rings (SSSR count). The minimum absolute atomic E-state index is 0.0242. The topological polar surface area (TPSA) is 56.6 Å². The molecule has 0 aliphatic rings. The standard InChI is InChI=1S/C17H23N3O2/c1-19(2)10-4-5-17(21)20(3)11-12-22-14-16-8-6-15(13-18)7-9-16/h4-9H,10-12,14H2,1-3H3/b5-4+. The Labute approximate surface area is 132 Å². The highest BCUT2D eigenvalue weighted by Crippen LogP contribution is 2.04. The maximum absolute atomic E-state index is 11.8. The van der Waals surface area contributed by atoms with Gasteiger partial charge >= 0.3 is 0 Å². The molecule has 1 aromatic rings. The first-order chi connectivity index (χ1) is 10.5. The summed E-state index contributed by atoms with van der Waals surface area (Å²) >= 11 is 0. The molecule has 0 heterocycles. The third-order valence-electron chi connectivity index (χ3n) is 3.03. The number of likely N-dealkylation sites (N-methyl/N-ethyl adjacent to an activating group) is 2. The van der Waals surface area contributed by atoms with Crippen LogP contribution in [0.5, 0.6) is 0 Å². The lowest BCUT2D eigenvalue weighted by atomic mass is 10.2. The van der Waals surface area contributed by atoms with Crippen molar-refractivity contribution in [2.75, 3.05) is 40.8 Å². The van der Waals surface area contributed by atoms with Crippen LogP contribution in [0.3, 0.4) is 0 Å². The molecular weight excluding hydrogens is 278 g/mol. The molecule has 0 unspecified atom stereocenters. The summed E-state index contributed by atoms with van der Waals surface area (Å²) in [5.74, 6) is -0.0242. The van der Waals surface area contributed by atoms with Crippen LogP contribution in [0.15, 0.2) is 36.4 Å². The fraction of sp³-hybridized carbons (Fsp3) is 0.412. The van der Waals surface area contributed by atoms with Gasteiger partial charge in [-0.1, -0.05) is 18.2 Å². The molecule has 22 heavy (non-hydrogen) atoms. The second-order valence-electron chi connectivity index (χ2n) is 5.29. The molecule has 0 aliphatic heterocycles. The van der Waals surface area contributed by atoms with Gasteiger partial charge in [0.15, 0.2) is 0 Å². The second-order valence-corrected chi connectivity index (χ2v) is 5.29. The third-order valence-corrected chi connectivity index (χ3v) is 3.03. The van der Waals surface area contributed by atoms with Crippen molar-refractivity contribution in [3.8, 4) is 6.07 Å². The summed E-state index contributed by atoms with van der Waals surface area (Å²) in [4.78, 5) is 15.4. The zero-order valence-corrected chi connectivity index (χ0v) is 13.5. The summed E-state index contributed by atoms with van der Waals surface area (Å²) in [5.41, 5.74) is 1.65.